The van der Waals surface area contributed by atoms with Crippen molar-refractivity contribution < 1.29 is 14.6 Å². The van der Waals surface area contributed by atoms with Crippen LogP contribution in [0.3, 0.4) is 0 Å². The number of carbonyl (C=O) groups is 1. The largest absolute Gasteiger partial charge is 0.296 e. The second-order valence-corrected chi connectivity index (χ2v) is 2.51. The summed E-state index contributed by atoms with van der Waals surface area (Å²) in [5.74, 6) is 0.550. The van der Waals surface area contributed by atoms with E-state index in [-0.39, 0.29) is 12.4 Å². The zero-order valence-corrected chi connectivity index (χ0v) is 7.07. The van der Waals surface area contributed by atoms with Crippen molar-refractivity contribution in [1.29, 1.82) is 0 Å². The Bertz CT molecular complexity index is 95.0. The molecule has 0 radical (unpaired) electrons. The normalized spacial score (nSPS) is 9.80. The van der Waals surface area contributed by atoms with Crippen molar-refractivity contribution in [3.05, 3.63) is 0 Å². The fourth-order valence-corrected chi connectivity index (χ4v) is 0.799. The molecule has 0 fully saturated rings. The van der Waals surface area contributed by atoms with Crippen molar-refractivity contribution >= 4 is 17.5 Å². The average Bonchev–Trinajstić information content (AvgIpc) is 1.89. The Morgan fingerprint density at radius 3 is 2.70 bits per heavy atom. The molecule has 0 atom stereocenters. The first-order valence-corrected chi connectivity index (χ1v) is 4.45. The molecule has 0 aromatic carbocycles. The van der Waals surface area contributed by atoms with Gasteiger partial charge in [-0.3, -0.25) is 4.79 Å². The summed E-state index contributed by atoms with van der Waals surface area (Å²) < 4.78 is 0. The Balaban J connectivity index is 3.05. The van der Waals surface area contributed by atoms with E-state index in [1.54, 1.807) is 6.92 Å². The lowest BCUT2D eigenvalue weighted by Crippen LogP contribution is -2.10. The molecule has 0 aliphatic heterocycles. The Morgan fingerprint density at radius 1 is 1.50 bits per heavy atom. The SMILES string of the molecule is CCOOCC(=O)CSC. The Labute approximate surface area is 65.0 Å². The smallest absolute Gasteiger partial charge is 0.171 e. The fraction of sp³-hybridized carbons (Fsp3) is 0.833. The minimum absolute atomic E-state index is 0.0564. The third kappa shape index (κ3) is 6.07. The van der Waals surface area contributed by atoms with Crippen LogP contribution in [0.4, 0.5) is 0 Å². The summed E-state index contributed by atoms with van der Waals surface area (Å²) in [7, 11) is 0. The van der Waals surface area contributed by atoms with E-state index in [0.717, 1.165) is 0 Å². The third-order valence-corrected chi connectivity index (χ3v) is 1.34. The molecular formula is C6H12O3S. The molecule has 0 spiro atoms. The highest BCUT2D eigenvalue weighted by atomic mass is 32.2. The molecule has 0 aromatic rings. The van der Waals surface area contributed by atoms with Crippen molar-refractivity contribution in [1.82, 2.24) is 0 Å². The van der Waals surface area contributed by atoms with Gasteiger partial charge in [-0.1, -0.05) is 0 Å². The van der Waals surface area contributed by atoms with Gasteiger partial charge >= 0.3 is 0 Å². The van der Waals surface area contributed by atoms with E-state index in [1.807, 2.05) is 6.26 Å². The third-order valence-electron chi connectivity index (χ3n) is 0.726. The van der Waals surface area contributed by atoms with Crippen LogP contribution in [0.5, 0.6) is 0 Å². The fourth-order valence-electron chi connectivity index (χ4n) is 0.393. The van der Waals surface area contributed by atoms with Gasteiger partial charge < -0.3 is 0 Å². The zero-order chi connectivity index (χ0) is 7.82. The molecule has 3 nitrogen and oxygen atoms in total. The molecule has 0 saturated carbocycles. The minimum Gasteiger partial charge on any atom is -0.296 e. The Morgan fingerprint density at radius 2 is 2.20 bits per heavy atom. The first-order valence-electron chi connectivity index (χ1n) is 3.06. The second-order valence-electron chi connectivity index (χ2n) is 1.64. The van der Waals surface area contributed by atoms with Crippen LogP contribution in [0.15, 0.2) is 0 Å². The Kier molecular flexibility index (Phi) is 7.01. The lowest BCUT2D eigenvalue weighted by atomic mass is 10.5. The van der Waals surface area contributed by atoms with Gasteiger partial charge in [-0.05, 0) is 13.2 Å². The maximum Gasteiger partial charge on any atom is 0.171 e. The highest BCUT2D eigenvalue weighted by Gasteiger charge is 1.99. The average molecular weight is 164 g/mol. The van der Waals surface area contributed by atoms with Crippen LogP contribution in [-0.4, -0.2) is 31.0 Å². The number of rotatable bonds is 6. The summed E-state index contributed by atoms with van der Waals surface area (Å²) in [6, 6.07) is 0. The maximum atomic E-state index is 10.7. The molecule has 0 aliphatic carbocycles. The Hall–Kier alpha value is -0.0600. The summed E-state index contributed by atoms with van der Waals surface area (Å²) in [6.45, 7) is 2.35. The van der Waals surface area contributed by atoms with E-state index in [0.29, 0.717) is 12.4 Å². The summed E-state index contributed by atoms with van der Waals surface area (Å²) in [4.78, 5) is 19.7. The molecule has 0 aliphatic rings. The monoisotopic (exact) mass is 164 g/mol. The molecule has 0 N–H and O–H groups in total. The van der Waals surface area contributed by atoms with E-state index >= 15 is 0 Å². The zero-order valence-electron chi connectivity index (χ0n) is 6.25. The maximum absolute atomic E-state index is 10.7. The van der Waals surface area contributed by atoms with E-state index in [9.17, 15) is 4.79 Å². The van der Waals surface area contributed by atoms with E-state index in [1.165, 1.54) is 11.8 Å². The van der Waals surface area contributed by atoms with Crippen molar-refractivity contribution in [2.24, 2.45) is 0 Å². The molecule has 10 heavy (non-hydrogen) atoms. The van der Waals surface area contributed by atoms with Crippen LogP contribution in [-0.2, 0) is 14.6 Å². The van der Waals surface area contributed by atoms with Crippen molar-refractivity contribution in [3.63, 3.8) is 0 Å². The van der Waals surface area contributed by atoms with Gasteiger partial charge in [0.1, 0.15) is 6.61 Å². The van der Waals surface area contributed by atoms with Gasteiger partial charge in [-0.15, -0.1) is 0 Å². The first kappa shape index (κ1) is 9.94. The number of hydrogen-bond donors (Lipinski definition) is 0. The van der Waals surface area contributed by atoms with E-state index in [2.05, 4.69) is 9.78 Å². The molecule has 60 valence electrons. The quantitative estimate of drug-likeness (QED) is 0.332. The van der Waals surface area contributed by atoms with Crippen LogP contribution >= 0.6 is 11.8 Å². The summed E-state index contributed by atoms with van der Waals surface area (Å²) in [5.41, 5.74) is 0. The van der Waals surface area contributed by atoms with Crippen LogP contribution in [0, 0.1) is 0 Å². The van der Waals surface area contributed by atoms with Crippen molar-refractivity contribution in [2.75, 3.05) is 25.2 Å². The standard InChI is InChI=1S/C6H12O3S/c1-3-8-9-4-6(7)5-10-2/h3-5H2,1-2H3. The van der Waals surface area contributed by atoms with E-state index < -0.39 is 0 Å². The van der Waals surface area contributed by atoms with Gasteiger partial charge in [0.2, 0.25) is 0 Å². The van der Waals surface area contributed by atoms with Crippen LogP contribution in [0.2, 0.25) is 0 Å². The number of Topliss-reactive ketones (excluding diaryl/α,β-unsaturated/α-hetero) is 1. The molecule has 0 saturated heterocycles. The first-order chi connectivity index (χ1) is 4.81. The predicted molar refractivity (Wildman–Crippen MR) is 41.0 cm³/mol. The molecular weight excluding hydrogens is 152 g/mol. The predicted octanol–water partition coefficient (Wildman–Crippen LogP) is 0.887. The number of hydrogen-bond acceptors (Lipinski definition) is 4. The lowest BCUT2D eigenvalue weighted by Gasteiger charge is -1.98. The van der Waals surface area contributed by atoms with Gasteiger partial charge in [0.15, 0.2) is 5.78 Å². The van der Waals surface area contributed by atoms with Crippen molar-refractivity contribution in [3.8, 4) is 0 Å². The molecule has 0 aromatic heterocycles. The summed E-state index contributed by atoms with van der Waals surface area (Å²) in [6.07, 6.45) is 1.87. The molecule has 0 unspecified atom stereocenters. The molecule has 0 rings (SSSR count). The van der Waals surface area contributed by atoms with E-state index in [4.69, 9.17) is 0 Å². The lowest BCUT2D eigenvalue weighted by molar-refractivity contribution is -0.284. The number of carbonyl (C=O) groups excluding carboxylic acids is 1. The van der Waals surface area contributed by atoms with Gasteiger partial charge in [0, 0.05) is 0 Å². The molecule has 0 amide bonds. The summed E-state index contributed by atoms with van der Waals surface area (Å²) >= 11 is 1.48. The number of ketones is 1. The molecule has 0 heterocycles. The molecule has 4 heteroatoms. The van der Waals surface area contributed by atoms with Gasteiger partial charge in [0.05, 0.1) is 12.4 Å². The topological polar surface area (TPSA) is 35.5 Å². The number of thioether (sulfide) groups is 1. The van der Waals surface area contributed by atoms with Crippen LogP contribution < -0.4 is 0 Å². The summed E-state index contributed by atoms with van der Waals surface area (Å²) in [5, 5.41) is 0. The van der Waals surface area contributed by atoms with Crippen molar-refractivity contribution in [2.45, 2.75) is 6.92 Å². The van der Waals surface area contributed by atoms with Crippen LogP contribution in [0.1, 0.15) is 6.92 Å². The van der Waals surface area contributed by atoms with Gasteiger partial charge in [0.25, 0.3) is 0 Å². The van der Waals surface area contributed by atoms with Crippen LogP contribution in [0.25, 0.3) is 0 Å². The highest BCUT2D eigenvalue weighted by Crippen LogP contribution is 1.92. The molecule has 0 bridgehead atoms. The second kappa shape index (κ2) is 7.05. The minimum atomic E-state index is 0.0564. The highest BCUT2D eigenvalue weighted by molar-refractivity contribution is 7.99. The van der Waals surface area contributed by atoms with Gasteiger partial charge in [-0.2, -0.15) is 11.8 Å². The van der Waals surface area contributed by atoms with Gasteiger partial charge in [-0.25, -0.2) is 9.78 Å².